The molecule has 2 saturated heterocycles. The minimum absolute atomic E-state index is 0.364. The molecule has 2 atom stereocenters. The number of hydrogen-bond acceptors (Lipinski definition) is 4. The molecule has 17 heavy (non-hydrogen) atoms. The Morgan fingerprint density at radius 3 is 2.59 bits per heavy atom. The number of unbranched alkanes of at least 4 members (excludes halogenated alkanes) is 2. The molecule has 2 rings (SSSR count). The van der Waals surface area contributed by atoms with Crippen molar-refractivity contribution >= 4 is 0 Å². The van der Waals surface area contributed by atoms with Gasteiger partial charge >= 0.3 is 0 Å². The average Bonchev–Trinajstić information content (AvgIpc) is 2.27. The van der Waals surface area contributed by atoms with Crippen LogP contribution in [0, 0.1) is 11.3 Å². The van der Waals surface area contributed by atoms with Crippen LogP contribution in [0.25, 0.3) is 0 Å². The number of morpholine rings is 1. The molecule has 0 aromatic rings. The number of rotatable bonds is 4. The molecule has 2 unspecified atom stereocenters. The average molecular weight is 238 g/mol. The van der Waals surface area contributed by atoms with Crippen LogP contribution >= 0.6 is 0 Å². The quantitative estimate of drug-likeness (QED) is 0.750. The van der Waals surface area contributed by atoms with Crippen LogP contribution < -0.4 is 0 Å². The van der Waals surface area contributed by atoms with E-state index >= 15 is 0 Å². The van der Waals surface area contributed by atoms with Gasteiger partial charge in [-0.05, 0) is 39.2 Å². The molecule has 4 heteroatoms. The van der Waals surface area contributed by atoms with Crippen LogP contribution in [0.2, 0.25) is 0 Å². The molecular weight excluding hydrogens is 216 g/mol. The molecule has 0 aromatic heterocycles. The van der Waals surface area contributed by atoms with Gasteiger partial charge in [-0.25, -0.2) is 0 Å². The Morgan fingerprint density at radius 2 is 2.00 bits per heavy atom. The van der Waals surface area contributed by atoms with E-state index in [2.05, 4.69) is 18.0 Å². The third-order valence-electron chi connectivity index (χ3n) is 4.18. The van der Waals surface area contributed by atoms with Gasteiger partial charge in [0.25, 0.3) is 0 Å². The van der Waals surface area contributed by atoms with Crippen molar-refractivity contribution in [3.05, 3.63) is 0 Å². The maximum atomic E-state index is 10.6. The molecule has 2 heterocycles. The molecular formula is C13H22N2O2. The number of likely N-dealkylation sites (N-methyl/N-ethyl adjacent to an activating group) is 1. The molecule has 1 N–H and O–H groups in total. The second-order valence-electron chi connectivity index (χ2n) is 5.51. The third-order valence-corrected chi connectivity index (χ3v) is 4.18. The van der Waals surface area contributed by atoms with E-state index in [0.717, 1.165) is 45.3 Å². The van der Waals surface area contributed by atoms with E-state index in [1.165, 1.54) is 0 Å². The first-order chi connectivity index (χ1) is 8.14. The number of piperidine rings is 1. The van der Waals surface area contributed by atoms with Gasteiger partial charge in [-0.1, -0.05) is 0 Å². The first kappa shape index (κ1) is 12.8. The summed E-state index contributed by atoms with van der Waals surface area (Å²) >= 11 is 0. The summed E-state index contributed by atoms with van der Waals surface area (Å²) in [5.74, 6) is 0. The molecule has 0 aromatic carbocycles. The lowest BCUT2D eigenvalue weighted by atomic mass is 9.78. The lowest BCUT2D eigenvalue weighted by Gasteiger charge is -2.50. The largest absolute Gasteiger partial charge is 0.390 e. The van der Waals surface area contributed by atoms with Gasteiger partial charge in [0.2, 0.25) is 0 Å². The van der Waals surface area contributed by atoms with Gasteiger partial charge in [-0.3, -0.25) is 4.90 Å². The van der Waals surface area contributed by atoms with Crippen LogP contribution in [-0.4, -0.2) is 48.0 Å². The minimum Gasteiger partial charge on any atom is -0.390 e. The van der Waals surface area contributed by atoms with E-state index < -0.39 is 5.60 Å². The van der Waals surface area contributed by atoms with Crippen LogP contribution in [0.4, 0.5) is 0 Å². The van der Waals surface area contributed by atoms with Gasteiger partial charge < -0.3 is 9.84 Å². The molecule has 0 amide bonds. The molecule has 0 aliphatic carbocycles. The number of aliphatic hydroxyl groups is 1. The summed E-state index contributed by atoms with van der Waals surface area (Å²) in [6.07, 6.45) is 4.91. The molecule has 2 fully saturated rings. The Morgan fingerprint density at radius 1 is 1.35 bits per heavy atom. The summed E-state index contributed by atoms with van der Waals surface area (Å²) in [5.41, 5.74) is -0.527. The van der Waals surface area contributed by atoms with Crippen molar-refractivity contribution in [3.63, 3.8) is 0 Å². The second-order valence-corrected chi connectivity index (χ2v) is 5.51. The highest BCUT2D eigenvalue weighted by Gasteiger charge is 2.43. The summed E-state index contributed by atoms with van der Waals surface area (Å²) in [5, 5.41) is 19.1. The van der Waals surface area contributed by atoms with E-state index in [1.807, 2.05) is 0 Å². The standard InChI is InChI=1S/C13H22N2O2/c1-15-11-7-13(16,5-3-2-4-6-14)8-12(15)10-17-9-11/h11-12,16H,2-5,7-10H2,1H3. The minimum atomic E-state index is -0.527. The van der Waals surface area contributed by atoms with Crippen molar-refractivity contribution < 1.29 is 9.84 Å². The van der Waals surface area contributed by atoms with Crippen LogP contribution in [-0.2, 0) is 4.74 Å². The monoisotopic (exact) mass is 238 g/mol. The van der Waals surface area contributed by atoms with Gasteiger partial charge in [0.05, 0.1) is 24.9 Å². The zero-order valence-corrected chi connectivity index (χ0v) is 10.6. The van der Waals surface area contributed by atoms with Gasteiger partial charge in [0.15, 0.2) is 0 Å². The number of nitrogens with zero attached hydrogens (tertiary/aromatic N) is 2. The van der Waals surface area contributed by atoms with Gasteiger partial charge in [-0.2, -0.15) is 5.26 Å². The maximum Gasteiger partial charge on any atom is 0.0679 e. The number of fused-ring (bicyclic) bond motifs is 2. The number of nitriles is 1. The summed E-state index contributed by atoms with van der Waals surface area (Å²) in [4.78, 5) is 2.35. The van der Waals surface area contributed by atoms with Crippen LogP contribution in [0.5, 0.6) is 0 Å². The Hall–Kier alpha value is -0.630. The summed E-state index contributed by atoms with van der Waals surface area (Å²) < 4.78 is 5.55. The van der Waals surface area contributed by atoms with E-state index in [-0.39, 0.29) is 0 Å². The van der Waals surface area contributed by atoms with Crippen LogP contribution in [0.15, 0.2) is 0 Å². The molecule has 2 bridgehead atoms. The van der Waals surface area contributed by atoms with Gasteiger partial charge in [-0.15, -0.1) is 0 Å². The molecule has 0 spiro atoms. The molecule has 0 radical (unpaired) electrons. The maximum absolute atomic E-state index is 10.6. The number of hydrogen-bond donors (Lipinski definition) is 1. The SMILES string of the molecule is CN1C2COCC1CC(O)(CCCCC#N)C2. The first-order valence-corrected chi connectivity index (χ1v) is 6.54. The van der Waals surface area contributed by atoms with Crippen molar-refractivity contribution in [1.29, 1.82) is 5.26 Å². The Bertz CT molecular complexity index is 286. The first-order valence-electron chi connectivity index (χ1n) is 6.54. The molecule has 0 saturated carbocycles. The van der Waals surface area contributed by atoms with Crippen molar-refractivity contribution in [2.45, 2.75) is 56.2 Å². The fourth-order valence-electron chi connectivity index (χ4n) is 3.10. The molecule has 96 valence electrons. The highest BCUT2D eigenvalue weighted by atomic mass is 16.5. The van der Waals surface area contributed by atoms with Gasteiger partial charge in [0.1, 0.15) is 0 Å². The van der Waals surface area contributed by atoms with Crippen molar-refractivity contribution in [3.8, 4) is 6.07 Å². The lowest BCUT2D eigenvalue weighted by molar-refractivity contribution is -0.136. The van der Waals surface area contributed by atoms with Crippen molar-refractivity contribution in [2.24, 2.45) is 0 Å². The topological polar surface area (TPSA) is 56.5 Å². The van der Waals surface area contributed by atoms with E-state index in [4.69, 9.17) is 10.00 Å². The number of ether oxygens (including phenoxy) is 1. The zero-order chi connectivity index (χ0) is 12.3. The third kappa shape index (κ3) is 2.98. The Labute approximate surface area is 103 Å². The predicted octanol–water partition coefficient (Wildman–Crippen LogP) is 1.29. The highest BCUT2D eigenvalue weighted by Crippen LogP contribution is 2.36. The second kappa shape index (κ2) is 5.34. The Balaban J connectivity index is 1.87. The van der Waals surface area contributed by atoms with Crippen LogP contribution in [0.3, 0.4) is 0 Å². The highest BCUT2D eigenvalue weighted by molar-refractivity contribution is 4.98. The van der Waals surface area contributed by atoms with Crippen molar-refractivity contribution in [2.75, 3.05) is 20.3 Å². The van der Waals surface area contributed by atoms with Crippen molar-refractivity contribution in [1.82, 2.24) is 4.90 Å². The lowest BCUT2D eigenvalue weighted by Crippen LogP contribution is -2.60. The molecule has 2 aliphatic heterocycles. The van der Waals surface area contributed by atoms with Gasteiger partial charge in [0, 0.05) is 18.5 Å². The zero-order valence-electron chi connectivity index (χ0n) is 10.6. The normalized spacial score (nSPS) is 37.7. The van der Waals surface area contributed by atoms with E-state index in [0.29, 0.717) is 18.5 Å². The summed E-state index contributed by atoms with van der Waals surface area (Å²) in [7, 11) is 2.13. The Kier molecular flexibility index (Phi) is 4.03. The fourth-order valence-corrected chi connectivity index (χ4v) is 3.10. The molecule has 4 nitrogen and oxygen atoms in total. The fraction of sp³-hybridized carbons (Fsp3) is 0.923. The summed E-state index contributed by atoms with van der Waals surface area (Å²) in [6.45, 7) is 1.49. The van der Waals surface area contributed by atoms with E-state index in [9.17, 15) is 5.11 Å². The smallest absolute Gasteiger partial charge is 0.0679 e. The predicted molar refractivity (Wildman–Crippen MR) is 64.4 cm³/mol. The van der Waals surface area contributed by atoms with Crippen LogP contribution in [0.1, 0.15) is 38.5 Å². The summed E-state index contributed by atoms with van der Waals surface area (Å²) in [6, 6.07) is 2.88. The van der Waals surface area contributed by atoms with E-state index in [1.54, 1.807) is 0 Å². The molecule has 2 aliphatic rings.